The molecule has 0 N–H and O–H groups in total. The third-order valence-electron chi connectivity index (χ3n) is 3.75. The van der Waals surface area contributed by atoms with Gasteiger partial charge in [0.05, 0.1) is 5.52 Å². The molecular weight excluding hydrogens is 322 g/mol. The molecule has 0 saturated heterocycles. The maximum Gasteiger partial charge on any atom is 0.0786 e. The highest BCUT2D eigenvalue weighted by molar-refractivity contribution is 9.10. The summed E-state index contributed by atoms with van der Waals surface area (Å²) in [5, 5.41) is 3.61. The number of aromatic nitrogens is 1. The van der Waals surface area contributed by atoms with E-state index < -0.39 is 0 Å². The second kappa shape index (κ2) is 4.97. The van der Waals surface area contributed by atoms with E-state index in [1.54, 1.807) is 0 Å². The first-order valence-electron chi connectivity index (χ1n) is 6.85. The van der Waals surface area contributed by atoms with Crippen LogP contribution in [0, 0.1) is 0 Å². The van der Waals surface area contributed by atoms with Gasteiger partial charge in [-0.25, -0.2) is 0 Å². The maximum absolute atomic E-state index is 4.61. The minimum atomic E-state index is 1.06. The van der Waals surface area contributed by atoms with Gasteiger partial charge in [0.25, 0.3) is 0 Å². The van der Waals surface area contributed by atoms with Crippen molar-refractivity contribution in [3.63, 3.8) is 0 Å². The van der Waals surface area contributed by atoms with Gasteiger partial charge in [0, 0.05) is 21.4 Å². The molecule has 1 nitrogen and oxygen atoms in total. The summed E-state index contributed by atoms with van der Waals surface area (Å²) in [4.78, 5) is 4.61. The molecule has 0 aliphatic heterocycles. The molecule has 2 heteroatoms. The van der Waals surface area contributed by atoms with Crippen LogP contribution in [-0.2, 0) is 0 Å². The van der Waals surface area contributed by atoms with Gasteiger partial charge in [-0.15, -0.1) is 0 Å². The lowest BCUT2D eigenvalue weighted by molar-refractivity contribution is 1.43. The molecule has 4 rings (SSSR count). The predicted octanol–water partition coefficient (Wildman–Crippen LogP) is 5.82. The molecule has 1 heterocycles. The number of fused-ring (bicyclic) bond motifs is 3. The zero-order valence-electron chi connectivity index (χ0n) is 11.3. The van der Waals surface area contributed by atoms with Crippen molar-refractivity contribution in [1.82, 2.24) is 4.98 Å². The van der Waals surface area contributed by atoms with Crippen molar-refractivity contribution in [2.45, 2.75) is 0 Å². The van der Waals surface area contributed by atoms with Crippen LogP contribution in [0.4, 0.5) is 0 Å². The maximum atomic E-state index is 4.61. The summed E-state index contributed by atoms with van der Waals surface area (Å²) in [5.41, 5.74) is 3.48. The molecule has 21 heavy (non-hydrogen) atoms. The summed E-state index contributed by atoms with van der Waals surface area (Å²) in [7, 11) is 0. The highest BCUT2D eigenvalue weighted by Crippen LogP contribution is 2.34. The Morgan fingerprint density at radius 2 is 1.57 bits per heavy atom. The normalized spacial score (nSPS) is 11.1. The Morgan fingerprint density at radius 3 is 2.48 bits per heavy atom. The molecule has 0 radical (unpaired) electrons. The first-order chi connectivity index (χ1) is 10.3. The second-order valence-electron chi connectivity index (χ2n) is 5.05. The van der Waals surface area contributed by atoms with Gasteiger partial charge in [-0.05, 0) is 34.7 Å². The number of pyridine rings is 1. The van der Waals surface area contributed by atoms with Crippen molar-refractivity contribution in [1.29, 1.82) is 0 Å². The molecule has 100 valence electrons. The summed E-state index contributed by atoms with van der Waals surface area (Å²) in [6, 6.07) is 23.2. The van der Waals surface area contributed by atoms with E-state index in [-0.39, 0.29) is 0 Å². The van der Waals surface area contributed by atoms with Crippen LogP contribution in [0.15, 0.2) is 77.4 Å². The van der Waals surface area contributed by atoms with Crippen molar-refractivity contribution < 1.29 is 0 Å². The lowest BCUT2D eigenvalue weighted by atomic mass is 9.96. The van der Waals surface area contributed by atoms with Crippen LogP contribution >= 0.6 is 15.9 Å². The van der Waals surface area contributed by atoms with Gasteiger partial charge in [-0.3, -0.25) is 4.98 Å². The topological polar surface area (TPSA) is 12.9 Å². The van der Waals surface area contributed by atoms with Crippen molar-refractivity contribution in [2.75, 3.05) is 0 Å². The lowest BCUT2D eigenvalue weighted by Gasteiger charge is -2.10. The highest BCUT2D eigenvalue weighted by Gasteiger charge is 2.08. The third kappa shape index (κ3) is 2.12. The predicted molar refractivity (Wildman–Crippen MR) is 92.4 cm³/mol. The molecular formula is C19H12BrN. The number of hydrogen-bond donors (Lipinski definition) is 0. The van der Waals surface area contributed by atoms with E-state index in [9.17, 15) is 0 Å². The number of hydrogen-bond acceptors (Lipinski definition) is 1. The number of halogens is 1. The van der Waals surface area contributed by atoms with Crippen molar-refractivity contribution in [3.05, 3.63) is 77.4 Å². The molecule has 0 unspecified atom stereocenters. The second-order valence-corrected chi connectivity index (χ2v) is 5.97. The van der Waals surface area contributed by atoms with Gasteiger partial charge in [0.15, 0.2) is 0 Å². The van der Waals surface area contributed by atoms with Gasteiger partial charge in [-0.2, -0.15) is 0 Å². The quantitative estimate of drug-likeness (QED) is 0.400. The Bertz CT molecular complexity index is 960. The van der Waals surface area contributed by atoms with Crippen LogP contribution in [0.1, 0.15) is 0 Å². The molecule has 3 aromatic carbocycles. The zero-order valence-corrected chi connectivity index (χ0v) is 12.8. The largest absolute Gasteiger partial charge is 0.256 e. The van der Waals surface area contributed by atoms with E-state index in [1.165, 1.54) is 27.3 Å². The van der Waals surface area contributed by atoms with Crippen LogP contribution in [0.5, 0.6) is 0 Å². The average Bonchev–Trinajstić information content (AvgIpc) is 2.54. The Hall–Kier alpha value is -2.19. The summed E-state index contributed by atoms with van der Waals surface area (Å²) in [6.07, 6.45) is 1.86. The van der Waals surface area contributed by atoms with E-state index in [4.69, 9.17) is 0 Å². The van der Waals surface area contributed by atoms with Gasteiger partial charge in [0.1, 0.15) is 0 Å². The molecule has 1 aromatic heterocycles. The average molecular weight is 334 g/mol. The number of rotatable bonds is 1. The fourth-order valence-corrected chi connectivity index (χ4v) is 3.21. The third-order valence-corrected chi connectivity index (χ3v) is 4.24. The molecule has 0 spiro atoms. The standard InChI is InChI=1S/C19H12BrN/c20-16-7-1-5-15(12-16)17-8-2-4-13-9-10-14-6-3-11-21-19(14)18(13)17/h1-12H. The fourth-order valence-electron chi connectivity index (χ4n) is 2.81. The molecule has 0 aliphatic rings. The molecule has 4 aromatic rings. The van der Waals surface area contributed by atoms with Gasteiger partial charge in [-0.1, -0.05) is 64.5 Å². The molecule has 0 bridgehead atoms. The van der Waals surface area contributed by atoms with Crippen LogP contribution < -0.4 is 0 Å². The summed E-state index contributed by atoms with van der Waals surface area (Å²) in [6.45, 7) is 0. The minimum Gasteiger partial charge on any atom is -0.256 e. The van der Waals surface area contributed by atoms with E-state index in [1.807, 2.05) is 18.3 Å². The summed E-state index contributed by atoms with van der Waals surface area (Å²) in [5.74, 6) is 0. The van der Waals surface area contributed by atoms with E-state index in [0.29, 0.717) is 0 Å². The van der Waals surface area contributed by atoms with Gasteiger partial charge in [0.2, 0.25) is 0 Å². The molecule has 0 saturated carbocycles. The van der Waals surface area contributed by atoms with Crippen molar-refractivity contribution in [3.8, 4) is 11.1 Å². The summed E-state index contributed by atoms with van der Waals surface area (Å²) >= 11 is 3.56. The lowest BCUT2D eigenvalue weighted by Crippen LogP contribution is -1.86. The Labute approximate surface area is 131 Å². The van der Waals surface area contributed by atoms with E-state index in [0.717, 1.165) is 9.99 Å². The molecule has 0 atom stereocenters. The van der Waals surface area contributed by atoms with E-state index in [2.05, 4.69) is 75.5 Å². The molecule has 0 aliphatic carbocycles. The monoisotopic (exact) mass is 333 g/mol. The Kier molecular flexibility index (Phi) is 2.97. The smallest absolute Gasteiger partial charge is 0.0786 e. The van der Waals surface area contributed by atoms with Crippen LogP contribution in [-0.4, -0.2) is 4.98 Å². The Balaban J connectivity index is 2.16. The van der Waals surface area contributed by atoms with Crippen LogP contribution in [0.2, 0.25) is 0 Å². The van der Waals surface area contributed by atoms with Crippen LogP contribution in [0.3, 0.4) is 0 Å². The summed E-state index contributed by atoms with van der Waals surface area (Å²) < 4.78 is 1.09. The van der Waals surface area contributed by atoms with E-state index >= 15 is 0 Å². The minimum absolute atomic E-state index is 1.06. The number of benzene rings is 3. The first-order valence-corrected chi connectivity index (χ1v) is 7.65. The van der Waals surface area contributed by atoms with Crippen molar-refractivity contribution >= 4 is 37.6 Å². The molecule has 0 amide bonds. The Morgan fingerprint density at radius 1 is 0.762 bits per heavy atom. The highest BCUT2D eigenvalue weighted by atomic mass is 79.9. The molecule has 0 fully saturated rings. The zero-order chi connectivity index (χ0) is 14.2. The fraction of sp³-hybridized carbons (Fsp3) is 0. The van der Waals surface area contributed by atoms with Crippen LogP contribution in [0.25, 0.3) is 32.8 Å². The van der Waals surface area contributed by atoms with Gasteiger partial charge < -0.3 is 0 Å². The van der Waals surface area contributed by atoms with Crippen molar-refractivity contribution in [2.24, 2.45) is 0 Å². The van der Waals surface area contributed by atoms with Gasteiger partial charge >= 0.3 is 0 Å². The SMILES string of the molecule is Brc1cccc(-c2cccc3ccc4cccnc4c23)c1. The number of nitrogens with zero attached hydrogens (tertiary/aromatic N) is 1. The first kappa shape index (κ1) is 12.5.